The van der Waals surface area contributed by atoms with E-state index < -0.39 is 0 Å². The van der Waals surface area contributed by atoms with E-state index in [4.69, 9.17) is 4.74 Å². The van der Waals surface area contributed by atoms with Crippen LogP contribution in [0.3, 0.4) is 0 Å². The zero-order valence-corrected chi connectivity index (χ0v) is 16.1. The van der Waals surface area contributed by atoms with Crippen LogP contribution < -0.4 is 4.74 Å². The molecule has 1 aromatic rings. The van der Waals surface area contributed by atoms with Gasteiger partial charge in [-0.1, -0.05) is 24.3 Å². The smallest absolute Gasteiger partial charge is 0.253 e. The minimum absolute atomic E-state index is 0.208. The third kappa shape index (κ3) is 4.08. The topological polar surface area (TPSA) is 45.7 Å². The number of carbonyl (C=O) groups excluding carboxylic acids is 1. The summed E-state index contributed by atoms with van der Waals surface area (Å²) in [6.07, 6.45) is 13.8. The molecule has 5 nitrogen and oxygen atoms in total. The molecule has 2 saturated heterocycles. The molecule has 0 radical (unpaired) electrons. The summed E-state index contributed by atoms with van der Waals surface area (Å²) < 4.78 is 5.12. The number of nitrogens with zero attached hydrogens (tertiary/aromatic N) is 3. The molecule has 2 atom stereocenters. The number of allylic oxidation sites excluding steroid dienone is 2. The average Bonchev–Trinajstić information content (AvgIpc) is 3.40. The summed E-state index contributed by atoms with van der Waals surface area (Å²) in [5.74, 6) is 1.11. The molecule has 2 fully saturated rings. The summed E-state index contributed by atoms with van der Waals surface area (Å²) in [5.41, 5.74) is 2.00. The second-order valence-corrected chi connectivity index (χ2v) is 7.80. The number of methoxy groups -OCH3 is 1. The van der Waals surface area contributed by atoms with E-state index in [2.05, 4.69) is 26.9 Å². The van der Waals surface area contributed by atoms with E-state index >= 15 is 0 Å². The number of amides is 1. The molecule has 4 rings (SSSR count). The van der Waals surface area contributed by atoms with E-state index in [-0.39, 0.29) is 11.8 Å². The maximum Gasteiger partial charge on any atom is 0.253 e. The predicted molar refractivity (Wildman–Crippen MR) is 106 cm³/mol. The lowest BCUT2D eigenvalue weighted by Crippen LogP contribution is -2.43. The number of aromatic nitrogens is 1. The highest BCUT2D eigenvalue weighted by Gasteiger charge is 2.32. The first-order valence-corrected chi connectivity index (χ1v) is 10.2. The summed E-state index contributed by atoms with van der Waals surface area (Å²) in [7, 11) is 1.62. The van der Waals surface area contributed by atoms with Crippen molar-refractivity contribution in [2.24, 2.45) is 0 Å². The molecule has 0 bridgehead atoms. The Morgan fingerprint density at radius 1 is 1.22 bits per heavy atom. The van der Waals surface area contributed by atoms with Gasteiger partial charge in [0, 0.05) is 42.9 Å². The van der Waals surface area contributed by atoms with E-state index in [0.717, 1.165) is 43.5 Å². The van der Waals surface area contributed by atoms with Gasteiger partial charge in [0.15, 0.2) is 0 Å². The molecule has 1 aliphatic carbocycles. The molecule has 27 heavy (non-hydrogen) atoms. The highest BCUT2D eigenvalue weighted by Crippen LogP contribution is 2.29. The lowest BCUT2D eigenvalue weighted by molar-refractivity contribution is -0.127. The molecule has 3 heterocycles. The van der Waals surface area contributed by atoms with Crippen LogP contribution in [0.25, 0.3) is 0 Å². The first-order valence-electron chi connectivity index (χ1n) is 10.2. The van der Waals surface area contributed by atoms with Crippen molar-refractivity contribution >= 4 is 5.91 Å². The van der Waals surface area contributed by atoms with Gasteiger partial charge >= 0.3 is 0 Å². The van der Waals surface area contributed by atoms with Crippen molar-refractivity contribution in [3.8, 4) is 5.88 Å². The maximum atomic E-state index is 13.1. The first-order chi connectivity index (χ1) is 13.2. The van der Waals surface area contributed by atoms with Crippen molar-refractivity contribution in [1.82, 2.24) is 14.8 Å². The Morgan fingerprint density at radius 3 is 2.74 bits per heavy atom. The fourth-order valence-corrected chi connectivity index (χ4v) is 4.48. The van der Waals surface area contributed by atoms with Crippen LogP contribution in [-0.4, -0.2) is 60.0 Å². The van der Waals surface area contributed by atoms with Gasteiger partial charge in [-0.05, 0) is 50.8 Å². The average molecular weight is 367 g/mol. The molecule has 0 aromatic carbocycles. The highest BCUT2D eigenvalue weighted by atomic mass is 16.5. The second-order valence-electron chi connectivity index (χ2n) is 7.80. The quantitative estimate of drug-likeness (QED) is 0.802. The van der Waals surface area contributed by atoms with Crippen LogP contribution in [-0.2, 0) is 4.79 Å². The van der Waals surface area contributed by atoms with E-state index in [1.54, 1.807) is 7.11 Å². The molecule has 0 N–H and O–H groups in total. The van der Waals surface area contributed by atoms with Crippen molar-refractivity contribution in [3.05, 3.63) is 47.7 Å². The van der Waals surface area contributed by atoms with Crippen LogP contribution in [0.4, 0.5) is 0 Å². The number of carbonyl (C=O) groups is 1. The monoisotopic (exact) mass is 367 g/mol. The van der Waals surface area contributed by atoms with E-state index in [1.807, 2.05) is 24.4 Å². The molecule has 144 valence electrons. The fraction of sp³-hybridized carbons (Fsp3) is 0.545. The van der Waals surface area contributed by atoms with Crippen LogP contribution in [0.1, 0.15) is 43.6 Å². The van der Waals surface area contributed by atoms with Gasteiger partial charge in [0.2, 0.25) is 5.88 Å². The van der Waals surface area contributed by atoms with Gasteiger partial charge in [-0.3, -0.25) is 4.79 Å². The van der Waals surface area contributed by atoms with Gasteiger partial charge in [-0.25, -0.2) is 4.98 Å². The van der Waals surface area contributed by atoms with Crippen LogP contribution in [0, 0.1) is 0 Å². The SMILES string of the molecule is COc1ccc(C2C=CC(C(=O)N3CCC[C@H]3CN3CCCC3)=CC2)cn1. The standard InChI is InChI=1S/C22H29N3O2/c1-27-21-11-10-19(15-23-21)17-6-8-18(9-7-17)22(26)25-14-4-5-20(25)16-24-12-2-3-13-24/h6,8-11,15,17,20H,2-5,7,12-14,16H2,1H3/t17?,20-/m0/s1. The van der Waals surface area contributed by atoms with Crippen molar-refractivity contribution in [2.45, 2.75) is 44.1 Å². The van der Waals surface area contributed by atoms with Crippen LogP contribution >= 0.6 is 0 Å². The van der Waals surface area contributed by atoms with Gasteiger partial charge in [0.1, 0.15) is 0 Å². The van der Waals surface area contributed by atoms with Crippen molar-refractivity contribution < 1.29 is 9.53 Å². The van der Waals surface area contributed by atoms with Crippen LogP contribution in [0.2, 0.25) is 0 Å². The molecule has 1 unspecified atom stereocenters. The number of likely N-dealkylation sites (tertiary alicyclic amines) is 2. The van der Waals surface area contributed by atoms with Gasteiger partial charge in [-0.15, -0.1) is 0 Å². The zero-order valence-electron chi connectivity index (χ0n) is 16.1. The Morgan fingerprint density at radius 2 is 2.07 bits per heavy atom. The third-order valence-corrected chi connectivity index (χ3v) is 6.05. The molecule has 0 spiro atoms. The predicted octanol–water partition coefficient (Wildman–Crippen LogP) is 3.15. The summed E-state index contributed by atoms with van der Waals surface area (Å²) in [6, 6.07) is 4.32. The third-order valence-electron chi connectivity index (χ3n) is 6.05. The summed E-state index contributed by atoms with van der Waals surface area (Å²) in [4.78, 5) is 22.0. The molecule has 1 amide bonds. The molecular formula is C22H29N3O2. The van der Waals surface area contributed by atoms with Crippen molar-refractivity contribution in [2.75, 3.05) is 33.3 Å². The van der Waals surface area contributed by atoms with Gasteiger partial charge in [-0.2, -0.15) is 0 Å². The van der Waals surface area contributed by atoms with Crippen LogP contribution in [0.5, 0.6) is 5.88 Å². The molecule has 3 aliphatic rings. The van der Waals surface area contributed by atoms with E-state index in [9.17, 15) is 4.79 Å². The number of pyridine rings is 1. The van der Waals surface area contributed by atoms with Crippen LogP contribution in [0.15, 0.2) is 42.1 Å². The Kier molecular flexibility index (Phi) is 5.58. The van der Waals surface area contributed by atoms with Gasteiger partial charge in [0.05, 0.1) is 7.11 Å². The molecular weight excluding hydrogens is 338 g/mol. The van der Waals surface area contributed by atoms with Gasteiger partial charge < -0.3 is 14.5 Å². The lowest BCUT2D eigenvalue weighted by atomic mass is 9.91. The van der Waals surface area contributed by atoms with E-state index in [0.29, 0.717) is 11.9 Å². The molecule has 2 aliphatic heterocycles. The minimum Gasteiger partial charge on any atom is -0.481 e. The normalized spacial score (nSPS) is 25.7. The van der Waals surface area contributed by atoms with Crippen molar-refractivity contribution in [3.63, 3.8) is 0 Å². The summed E-state index contributed by atoms with van der Waals surface area (Å²) in [5, 5.41) is 0. The largest absolute Gasteiger partial charge is 0.481 e. The van der Waals surface area contributed by atoms with E-state index in [1.165, 1.54) is 25.9 Å². The first kappa shape index (κ1) is 18.2. The minimum atomic E-state index is 0.208. The second kappa shape index (κ2) is 8.26. The Labute approximate surface area is 161 Å². The number of hydrogen-bond donors (Lipinski definition) is 0. The van der Waals surface area contributed by atoms with Gasteiger partial charge in [0.25, 0.3) is 5.91 Å². The van der Waals surface area contributed by atoms with Crippen molar-refractivity contribution in [1.29, 1.82) is 0 Å². The fourth-order valence-electron chi connectivity index (χ4n) is 4.48. The molecule has 5 heteroatoms. The Balaban J connectivity index is 1.37. The Hall–Kier alpha value is -2.14. The number of ether oxygens (including phenoxy) is 1. The lowest BCUT2D eigenvalue weighted by Gasteiger charge is -2.29. The summed E-state index contributed by atoms with van der Waals surface area (Å²) >= 11 is 0. The molecule has 1 aromatic heterocycles. The highest BCUT2D eigenvalue weighted by molar-refractivity contribution is 5.96. The maximum absolute atomic E-state index is 13.1. The Bertz CT molecular complexity index is 720. The summed E-state index contributed by atoms with van der Waals surface area (Å²) in [6.45, 7) is 4.33. The zero-order chi connectivity index (χ0) is 18.6. The number of hydrogen-bond acceptors (Lipinski definition) is 4. The number of rotatable bonds is 5. The molecule has 0 saturated carbocycles.